The summed E-state index contributed by atoms with van der Waals surface area (Å²) in [6, 6.07) is 0.459. The summed E-state index contributed by atoms with van der Waals surface area (Å²) < 4.78 is 0. The number of hydrogen-bond donors (Lipinski definition) is 2. The van der Waals surface area contributed by atoms with E-state index < -0.39 is 0 Å². The van der Waals surface area contributed by atoms with Gasteiger partial charge in [-0.15, -0.1) is 0 Å². The molecule has 0 aromatic carbocycles. The van der Waals surface area contributed by atoms with Gasteiger partial charge >= 0.3 is 0 Å². The second-order valence-electron chi connectivity index (χ2n) is 4.70. The molecular weight excluding hydrogens is 236 g/mol. The summed E-state index contributed by atoms with van der Waals surface area (Å²) >= 11 is 6.07. The van der Waals surface area contributed by atoms with E-state index in [0.717, 1.165) is 5.92 Å². The van der Waals surface area contributed by atoms with Crippen molar-refractivity contribution in [1.29, 1.82) is 0 Å². The van der Waals surface area contributed by atoms with Crippen LogP contribution in [-0.2, 0) is 0 Å². The van der Waals surface area contributed by atoms with Crippen molar-refractivity contribution in [3.8, 4) is 0 Å². The molecule has 0 aliphatic heterocycles. The van der Waals surface area contributed by atoms with Crippen LogP contribution in [0.5, 0.6) is 0 Å². The van der Waals surface area contributed by atoms with Crippen LogP contribution in [0.1, 0.15) is 39.0 Å². The lowest BCUT2D eigenvalue weighted by molar-refractivity contribution is 0.327. The van der Waals surface area contributed by atoms with Crippen molar-refractivity contribution in [1.82, 2.24) is 9.97 Å². The molecule has 94 valence electrons. The lowest BCUT2D eigenvalue weighted by Gasteiger charge is -2.29. The maximum atomic E-state index is 6.07. The van der Waals surface area contributed by atoms with Crippen molar-refractivity contribution < 1.29 is 0 Å². The number of aromatic nitrogens is 2. The van der Waals surface area contributed by atoms with Crippen LogP contribution in [-0.4, -0.2) is 16.0 Å². The fraction of sp³-hybridized carbons (Fsp3) is 0.667. The van der Waals surface area contributed by atoms with Crippen molar-refractivity contribution >= 4 is 23.2 Å². The zero-order valence-corrected chi connectivity index (χ0v) is 10.9. The lowest BCUT2D eigenvalue weighted by Crippen LogP contribution is -2.27. The molecule has 0 radical (unpaired) electrons. The summed E-state index contributed by atoms with van der Waals surface area (Å²) in [6.07, 6.45) is 7.68. The van der Waals surface area contributed by atoms with Crippen molar-refractivity contribution in [2.75, 3.05) is 11.1 Å². The summed E-state index contributed by atoms with van der Waals surface area (Å²) in [5.74, 6) is 1.83. The van der Waals surface area contributed by atoms with E-state index in [1.807, 2.05) is 0 Å². The molecule has 17 heavy (non-hydrogen) atoms. The maximum absolute atomic E-state index is 6.07. The Labute approximate surface area is 107 Å². The molecule has 0 bridgehead atoms. The van der Waals surface area contributed by atoms with Gasteiger partial charge in [-0.05, 0) is 18.8 Å². The molecule has 1 aromatic heterocycles. The van der Waals surface area contributed by atoms with Gasteiger partial charge in [0.2, 0.25) is 0 Å². The zero-order valence-electron chi connectivity index (χ0n) is 10.1. The Morgan fingerprint density at radius 1 is 1.47 bits per heavy atom. The smallest absolute Gasteiger partial charge is 0.150 e. The summed E-state index contributed by atoms with van der Waals surface area (Å²) in [5, 5.41) is 3.83. The molecule has 4 nitrogen and oxygen atoms in total. The molecule has 1 aliphatic carbocycles. The minimum atomic E-state index is 0.340. The number of nitrogens with zero attached hydrogens (tertiary/aromatic N) is 2. The Bertz CT molecular complexity index is 383. The molecule has 3 N–H and O–H groups in total. The first-order valence-electron chi connectivity index (χ1n) is 6.23. The van der Waals surface area contributed by atoms with Crippen LogP contribution in [0.3, 0.4) is 0 Å². The van der Waals surface area contributed by atoms with Crippen LogP contribution in [0.25, 0.3) is 0 Å². The Morgan fingerprint density at radius 3 is 3.06 bits per heavy atom. The average Bonchev–Trinajstić information content (AvgIpc) is 2.35. The van der Waals surface area contributed by atoms with Crippen molar-refractivity contribution in [3.63, 3.8) is 0 Å². The van der Waals surface area contributed by atoms with Crippen molar-refractivity contribution in [2.24, 2.45) is 5.92 Å². The van der Waals surface area contributed by atoms with Gasteiger partial charge in [0.05, 0.1) is 0 Å². The topological polar surface area (TPSA) is 63.8 Å². The van der Waals surface area contributed by atoms with Gasteiger partial charge in [0, 0.05) is 6.04 Å². The molecule has 2 rings (SSSR count). The first kappa shape index (κ1) is 12.4. The van der Waals surface area contributed by atoms with Crippen LogP contribution in [0, 0.1) is 5.92 Å². The number of nitrogen functional groups attached to an aromatic ring is 1. The number of hydrogen-bond acceptors (Lipinski definition) is 4. The quantitative estimate of drug-likeness (QED) is 0.870. The van der Waals surface area contributed by atoms with E-state index in [4.69, 9.17) is 17.3 Å². The van der Waals surface area contributed by atoms with Gasteiger partial charge in [0.1, 0.15) is 17.2 Å². The maximum Gasteiger partial charge on any atom is 0.150 e. The Hall–Kier alpha value is -1.03. The molecular formula is C12H19ClN4. The monoisotopic (exact) mass is 254 g/mol. The molecule has 5 heteroatoms. The summed E-state index contributed by atoms with van der Waals surface area (Å²) in [7, 11) is 0. The average molecular weight is 255 g/mol. The first-order chi connectivity index (χ1) is 8.20. The molecule has 1 aromatic rings. The van der Waals surface area contributed by atoms with Gasteiger partial charge in [-0.3, -0.25) is 0 Å². The van der Waals surface area contributed by atoms with Crippen molar-refractivity contribution in [3.05, 3.63) is 11.3 Å². The Balaban J connectivity index is 2.02. The fourth-order valence-corrected chi connectivity index (χ4v) is 2.62. The van der Waals surface area contributed by atoms with Crippen LogP contribution < -0.4 is 11.1 Å². The predicted molar refractivity (Wildman–Crippen MR) is 71.1 cm³/mol. The number of anilines is 2. The highest BCUT2D eigenvalue weighted by Gasteiger charge is 2.21. The van der Waals surface area contributed by atoms with E-state index in [1.54, 1.807) is 0 Å². The molecule has 1 fully saturated rings. The fourth-order valence-electron chi connectivity index (χ4n) is 2.47. The Morgan fingerprint density at radius 2 is 2.29 bits per heavy atom. The van der Waals surface area contributed by atoms with E-state index >= 15 is 0 Å². The van der Waals surface area contributed by atoms with Gasteiger partial charge in [-0.1, -0.05) is 37.8 Å². The van der Waals surface area contributed by atoms with Gasteiger partial charge < -0.3 is 11.1 Å². The molecule has 2 unspecified atom stereocenters. The second-order valence-corrected chi connectivity index (χ2v) is 5.08. The summed E-state index contributed by atoms with van der Waals surface area (Å²) in [4.78, 5) is 8.01. The van der Waals surface area contributed by atoms with Crippen LogP contribution in [0.4, 0.5) is 11.6 Å². The SMILES string of the molecule is CCC1CCCC(Nc2ncnc(N)c2Cl)C1. The molecule has 2 atom stereocenters. The standard InChI is InChI=1S/C12H19ClN4/c1-2-8-4-3-5-9(6-8)17-12-10(13)11(14)15-7-16-12/h7-9H,2-6H2,1H3,(H3,14,15,16,17). The first-order valence-corrected chi connectivity index (χ1v) is 6.61. The molecule has 1 saturated carbocycles. The van der Waals surface area contributed by atoms with Crippen LogP contribution >= 0.6 is 11.6 Å². The van der Waals surface area contributed by atoms with E-state index in [-0.39, 0.29) is 0 Å². The van der Waals surface area contributed by atoms with Gasteiger partial charge in [-0.2, -0.15) is 0 Å². The van der Waals surface area contributed by atoms with Crippen LogP contribution in [0.15, 0.2) is 6.33 Å². The largest absolute Gasteiger partial charge is 0.382 e. The highest BCUT2D eigenvalue weighted by atomic mass is 35.5. The second kappa shape index (κ2) is 5.54. The van der Waals surface area contributed by atoms with Crippen molar-refractivity contribution in [2.45, 2.75) is 45.1 Å². The third kappa shape index (κ3) is 3.00. The van der Waals surface area contributed by atoms with E-state index in [9.17, 15) is 0 Å². The van der Waals surface area contributed by atoms with E-state index in [0.29, 0.717) is 22.7 Å². The number of rotatable bonds is 3. The van der Waals surface area contributed by atoms with Gasteiger partial charge in [0.25, 0.3) is 0 Å². The number of nitrogens with two attached hydrogens (primary N) is 1. The highest BCUT2D eigenvalue weighted by molar-refractivity contribution is 6.35. The lowest BCUT2D eigenvalue weighted by atomic mass is 9.84. The molecule has 1 aliphatic rings. The number of nitrogens with one attached hydrogen (secondary N) is 1. The molecule has 0 saturated heterocycles. The predicted octanol–water partition coefficient (Wildman–Crippen LogP) is 3.09. The van der Waals surface area contributed by atoms with E-state index in [2.05, 4.69) is 22.2 Å². The third-order valence-electron chi connectivity index (χ3n) is 3.52. The normalized spacial score (nSPS) is 24.6. The highest BCUT2D eigenvalue weighted by Crippen LogP contribution is 2.30. The van der Waals surface area contributed by atoms with Gasteiger partial charge in [0.15, 0.2) is 5.82 Å². The summed E-state index contributed by atoms with van der Waals surface area (Å²) in [5.41, 5.74) is 5.66. The molecule has 1 heterocycles. The molecule has 0 amide bonds. The minimum Gasteiger partial charge on any atom is -0.382 e. The third-order valence-corrected chi connectivity index (χ3v) is 3.89. The van der Waals surface area contributed by atoms with E-state index in [1.165, 1.54) is 38.4 Å². The molecule has 0 spiro atoms. The zero-order chi connectivity index (χ0) is 12.3. The minimum absolute atomic E-state index is 0.340. The number of halogens is 1. The van der Waals surface area contributed by atoms with Gasteiger partial charge in [-0.25, -0.2) is 9.97 Å². The van der Waals surface area contributed by atoms with Crippen LogP contribution in [0.2, 0.25) is 5.02 Å². The Kier molecular flexibility index (Phi) is 4.05. The summed E-state index contributed by atoms with van der Waals surface area (Å²) in [6.45, 7) is 2.25.